The minimum Gasteiger partial charge on any atom is -0.347 e. The number of H-pyrrole nitrogens is 1. The van der Waals surface area contributed by atoms with Gasteiger partial charge in [-0.05, 0) is 0 Å². The van der Waals surface area contributed by atoms with Crippen LogP contribution in [0.5, 0.6) is 0 Å². The van der Waals surface area contributed by atoms with Gasteiger partial charge in [-0.25, -0.2) is 4.98 Å². The fraction of sp³-hybridized carbons (Fsp3) is 0.400. The summed E-state index contributed by atoms with van der Waals surface area (Å²) < 4.78 is 25.4. The van der Waals surface area contributed by atoms with Crippen molar-refractivity contribution < 1.29 is 12.6 Å². The van der Waals surface area contributed by atoms with Crippen molar-refractivity contribution in [2.75, 3.05) is 6.26 Å². The summed E-state index contributed by atoms with van der Waals surface area (Å²) in [5.74, 6) is 0. The van der Waals surface area contributed by atoms with Gasteiger partial charge in [0.15, 0.2) is 0 Å². The minimum absolute atomic E-state index is 0.0127. The van der Waals surface area contributed by atoms with Crippen molar-refractivity contribution in [3.05, 3.63) is 18.2 Å². The molecule has 11 heavy (non-hydrogen) atoms. The van der Waals surface area contributed by atoms with Gasteiger partial charge in [0.25, 0.3) is 10.1 Å². The Labute approximate surface area is 64.5 Å². The Hall–Kier alpha value is -0.880. The zero-order valence-electron chi connectivity index (χ0n) is 5.94. The van der Waals surface area contributed by atoms with Crippen LogP contribution in [0.2, 0.25) is 0 Å². The molecule has 1 aromatic heterocycles. The van der Waals surface area contributed by atoms with E-state index < -0.39 is 10.1 Å². The molecule has 1 N–H and O–H groups in total. The van der Waals surface area contributed by atoms with Gasteiger partial charge >= 0.3 is 0 Å². The second-order valence-electron chi connectivity index (χ2n) is 2.04. The smallest absolute Gasteiger partial charge is 0.264 e. The SMILES string of the molecule is CS(=O)(=O)OCc1cnc[nH]1. The van der Waals surface area contributed by atoms with Gasteiger partial charge in [0.05, 0.1) is 24.5 Å². The molecular weight excluding hydrogens is 168 g/mol. The lowest BCUT2D eigenvalue weighted by atomic mass is 10.5. The van der Waals surface area contributed by atoms with Gasteiger partial charge in [0.2, 0.25) is 0 Å². The van der Waals surface area contributed by atoms with Crippen molar-refractivity contribution in [2.24, 2.45) is 0 Å². The standard InChI is InChI=1S/C5H8N2O3S/c1-11(8,9)10-3-5-2-6-4-7-5/h2,4H,3H2,1H3,(H,6,7). The molecule has 0 aliphatic heterocycles. The van der Waals surface area contributed by atoms with Crippen LogP contribution in [-0.2, 0) is 20.9 Å². The molecule has 0 bridgehead atoms. The van der Waals surface area contributed by atoms with E-state index in [-0.39, 0.29) is 6.61 Å². The van der Waals surface area contributed by atoms with E-state index >= 15 is 0 Å². The second kappa shape index (κ2) is 3.02. The second-order valence-corrected chi connectivity index (χ2v) is 3.69. The zero-order chi connectivity index (χ0) is 8.32. The summed E-state index contributed by atoms with van der Waals surface area (Å²) in [5.41, 5.74) is 0.635. The van der Waals surface area contributed by atoms with Crippen molar-refractivity contribution in [3.63, 3.8) is 0 Å². The number of nitrogens with zero attached hydrogens (tertiary/aromatic N) is 1. The molecule has 5 nitrogen and oxygen atoms in total. The van der Waals surface area contributed by atoms with E-state index in [2.05, 4.69) is 14.2 Å². The number of hydrogen-bond acceptors (Lipinski definition) is 4. The first kappa shape index (κ1) is 8.22. The number of aromatic nitrogens is 2. The maximum atomic E-state index is 10.5. The maximum absolute atomic E-state index is 10.5. The van der Waals surface area contributed by atoms with Gasteiger partial charge in [-0.3, -0.25) is 4.18 Å². The third-order valence-corrected chi connectivity index (χ3v) is 1.53. The highest BCUT2D eigenvalue weighted by atomic mass is 32.2. The van der Waals surface area contributed by atoms with Crippen LogP contribution in [-0.4, -0.2) is 24.6 Å². The van der Waals surface area contributed by atoms with Crippen LogP contribution in [0.1, 0.15) is 5.69 Å². The largest absolute Gasteiger partial charge is 0.347 e. The van der Waals surface area contributed by atoms with E-state index in [0.29, 0.717) is 5.69 Å². The Kier molecular flexibility index (Phi) is 2.25. The quantitative estimate of drug-likeness (QED) is 0.652. The summed E-state index contributed by atoms with van der Waals surface area (Å²) in [7, 11) is -3.35. The van der Waals surface area contributed by atoms with Gasteiger partial charge in [-0.2, -0.15) is 8.42 Å². The first-order valence-electron chi connectivity index (χ1n) is 2.89. The van der Waals surface area contributed by atoms with E-state index in [4.69, 9.17) is 0 Å². The normalized spacial score (nSPS) is 11.7. The molecule has 1 heterocycles. The Morgan fingerprint density at radius 2 is 2.45 bits per heavy atom. The highest BCUT2D eigenvalue weighted by molar-refractivity contribution is 7.85. The molecule has 0 aliphatic carbocycles. The molecule has 0 amide bonds. The molecule has 0 radical (unpaired) electrons. The molecule has 6 heteroatoms. The molecular formula is C5H8N2O3S. The predicted octanol–water partition coefficient (Wildman–Crippen LogP) is -0.114. The molecule has 1 rings (SSSR count). The van der Waals surface area contributed by atoms with E-state index in [1.165, 1.54) is 12.5 Å². The molecule has 0 saturated heterocycles. The molecule has 0 aliphatic rings. The van der Waals surface area contributed by atoms with Crippen LogP contribution in [0.4, 0.5) is 0 Å². The zero-order valence-corrected chi connectivity index (χ0v) is 6.76. The number of rotatable bonds is 3. The van der Waals surface area contributed by atoms with Gasteiger partial charge < -0.3 is 4.98 Å². The number of imidazole rings is 1. The maximum Gasteiger partial charge on any atom is 0.264 e. The highest BCUT2D eigenvalue weighted by Crippen LogP contribution is 1.97. The van der Waals surface area contributed by atoms with Gasteiger partial charge in [-0.15, -0.1) is 0 Å². The molecule has 62 valence electrons. The van der Waals surface area contributed by atoms with Crippen molar-refractivity contribution in [1.29, 1.82) is 0 Å². The first-order valence-corrected chi connectivity index (χ1v) is 4.71. The van der Waals surface area contributed by atoms with Crippen LogP contribution < -0.4 is 0 Å². The average Bonchev–Trinajstić information content (AvgIpc) is 2.32. The fourth-order valence-corrected chi connectivity index (χ4v) is 0.875. The molecule has 0 saturated carbocycles. The van der Waals surface area contributed by atoms with Crippen LogP contribution in [0, 0.1) is 0 Å². The molecule has 0 fully saturated rings. The van der Waals surface area contributed by atoms with E-state index in [1.54, 1.807) is 0 Å². The summed E-state index contributed by atoms with van der Waals surface area (Å²) in [6.07, 6.45) is 3.97. The number of nitrogens with one attached hydrogen (secondary N) is 1. The van der Waals surface area contributed by atoms with E-state index in [0.717, 1.165) is 6.26 Å². The van der Waals surface area contributed by atoms with Crippen LogP contribution in [0.15, 0.2) is 12.5 Å². The summed E-state index contributed by atoms with van der Waals surface area (Å²) in [4.78, 5) is 6.40. The van der Waals surface area contributed by atoms with Crippen molar-refractivity contribution in [1.82, 2.24) is 9.97 Å². The fourth-order valence-electron chi connectivity index (χ4n) is 0.534. The number of hydrogen-bond donors (Lipinski definition) is 1. The lowest BCUT2D eigenvalue weighted by Gasteiger charge is -1.96. The average molecular weight is 176 g/mol. The molecule has 1 aromatic rings. The minimum atomic E-state index is -3.35. The van der Waals surface area contributed by atoms with Crippen molar-refractivity contribution >= 4 is 10.1 Å². The molecule has 0 unspecified atom stereocenters. The Balaban J connectivity index is 2.48. The topological polar surface area (TPSA) is 72.1 Å². The Morgan fingerprint density at radius 1 is 1.73 bits per heavy atom. The lowest BCUT2D eigenvalue weighted by Crippen LogP contribution is -2.02. The third kappa shape index (κ3) is 3.15. The van der Waals surface area contributed by atoms with Crippen molar-refractivity contribution in [3.8, 4) is 0 Å². The Bertz CT molecular complexity index is 302. The first-order chi connectivity index (χ1) is 5.08. The summed E-state index contributed by atoms with van der Waals surface area (Å²) in [5, 5.41) is 0. The van der Waals surface area contributed by atoms with Crippen LogP contribution in [0.25, 0.3) is 0 Å². The monoisotopic (exact) mass is 176 g/mol. The van der Waals surface area contributed by atoms with E-state index in [9.17, 15) is 8.42 Å². The van der Waals surface area contributed by atoms with Crippen LogP contribution >= 0.6 is 0 Å². The summed E-state index contributed by atoms with van der Waals surface area (Å²) >= 11 is 0. The van der Waals surface area contributed by atoms with Crippen LogP contribution in [0.3, 0.4) is 0 Å². The third-order valence-electron chi connectivity index (χ3n) is 0.983. The molecule has 0 atom stereocenters. The predicted molar refractivity (Wildman–Crippen MR) is 38.2 cm³/mol. The molecule has 0 spiro atoms. The van der Waals surface area contributed by atoms with Gasteiger partial charge in [-0.1, -0.05) is 0 Å². The van der Waals surface area contributed by atoms with Gasteiger partial charge in [0, 0.05) is 0 Å². The molecule has 0 aromatic carbocycles. The van der Waals surface area contributed by atoms with Gasteiger partial charge in [0.1, 0.15) is 6.61 Å². The highest BCUT2D eigenvalue weighted by Gasteiger charge is 2.02. The summed E-state index contributed by atoms with van der Waals surface area (Å²) in [6.45, 7) is 0.0127. The summed E-state index contributed by atoms with van der Waals surface area (Å²) in [6, 6.07) is 0. The number of aromatic amines is 1. The van der Waals surface area contributed by atoms with Crippen molar-refractivity contribution in [2.45, 2.75) is 6.61 Å². The lowest BCUT2D eigenvalue weighted by molar-refractivity contribution is 0.308. The Morgan fingerprint density at radius 3 is 2.91 bits per heavy atom. The van der Waals surface area contributed by atoms with E-state index in [1.807, 2.05) is 0 Å².